The highest BCUT2D eigenvalue weighted by Gasteiger charge is 2.27. The molecule has 1 fully saturated rings. The number of carbonyl (C=O) groups is 1. The summed E-state index contributed by atoms with van der Waals surface area (Å²) in [5.74, 6) is 0.636. The van der Waals surface area contributed by atoms with Crippen LogP contribution in [0, 0.1) is 6.92 Å². The number of nitrogens with one attached hydrogen (secondary N) is 2. The van der Waals surface area contributed by atoms with Gasteiger partial charge in [-0.1, -0.05) is 12.1 Å². The Labute approximate surface area is 176 Å². The predicted molar refractivity (Wildman–Crippen MR) is 116 cm³/mol. The summed E-state index contributed by atoms with van der Waals surface area (Å²) in [5, 5.41) is 3.13. The number of rotatable bonds is 6. The maximum Gasteiger partial charge on any atom is 0.330 e. The van der Waals surface area contributed by atoms with Crippen LogP contribution in [0.4, 0.5) is 0 Å². The number of imidazole rings is 1. The van der Waals surface area contributed by atoms with E-state index in [1.54, 1.807) is 0 Å². The number of amides is 1. The van der Waals surface area contributed by atoms with E-state index in [1.807, 2.05) is 31.2 Å². The van der Waals surface area contributed by atoms with Crippen LogP contribution in [0.5, 0.6) is 0 Å². The third kappa shape index (κ3) is 3.52. The third-order valence-corrected chi connectivity index (χ3v) is 5.64. The first-order valence-electron chi connectivity index (χ1n) is 10.4. The fourth-order valence-corrected chi connectivity index (χ4v) is 3.95. The standard InChI is InChI=1S/C22H22N6O3/c1-13-25-17-5-2-3-6-18(17)27(13)10-4-9-23-20(29)14-11-16-19(24-12-14)28(15-7-8-15)22(31)26-21(16)30/h2-3,5-6,11-12,15H,4,7-10H2,1H3,(H,23,29)(H,26,30,31). The van der Waals surface area contributed by atoms with Gasteiger partial charge < -0.3 is 9.88 Å². The lowest BCUT2D eigenvalue weighted by atomic mass is 10.2. The number of pyridine rings is 1. The number of aryl methyl sites for hydroxylation is 2. The van der Waals surface area contributed by atoms with Gasteiger partial charge in [-0.3, -0.25) is 19.1 Å². The van der Waals surface area contributed by atoms with Crippen LogP contribution in [0.3, 0.4) is 0 Å². The lowest BCUT2D eigenvalue weighted by Crippen LogP contribution is -2.31. The molecule has 0 spiro atoms. The van der Waals surface area contributed by atoms with Crippen LogP contribution in [0.1, 0.15) is 41.5 Å². The number of carbonyl (C=O) groups excluding carboxylic acids is 1. The van der Waals surface area contributed by atoms with Crippen molar-refractivity contribution < 1.29 is 4.79 Å². The van der Waals surface area contributed by atoms with Crippen LogP contribution < -0.4 is 16.6 Å². The quantitative estimate of drug-likeness (QED) is 0.464. The molecule has 0 radical (unpaired) electrons. The van der Waals surface area contributed by atoms with E-state index in [4.69, 9.17) is 0 Å². The number of para-hydroxylation sites is 2. The highest BCUT2D eigenvalue weighted by Crippen LogP contribution is 2.34. The maximum absolute atomic E-state index is 12.6. The number of benzene rings is 1. The zero-order chi connectivity index (χ0) is 21.5. The summed E-state index contributed by atoms with van der Waals surface area (Å²) in [4.78, 5) is 48.1. The minimum absolute atomic E-state index is 0.0711. The summed E-state index contributed by atoms with van der Waals surface area (Å²) in [6.45, 7) is 3.18. The van der Waals surface area contributed by atoms with Crippen LogP contribution in [0.15, 0.2) is 46.1 Å². The number of hydrogen-bond acceptors (Lipinski definition) is 5. The summed E-state index contributed by atoms with van der Waals surface area (Å²) in [6, 6.07) is 9.54. The van der Waals surface area contributed by atoms with Crippen LogP contribution in [-0.2, 0) is 6.54 Å². The second-order valence-corrected chi connectivity index (χ2v) is 7.86. The van der Waals surface area contributed by atoms with E-state index in [0.717, 1.165) is 42.7 Å². The van der Waals surface area contributed by atoms with Gasteiger partial charge in [-0.15, -0.1) is 0 Å². The Morgan fingerprint density at radius 3 is 2.87 bits per heavy atom. The zero-order valence-electron chi connectivity index (χ0n) is 17.1. The largest absolute Gasteiger partial charge is 0.352 e. The van der Waals surface area contributed by atoms with E-state index < -0.39 is 11.2 Å². The van der Waals surface area contributed by atoms with Gasteiger partial charge in [0.1, 0.15) is 11.5 Å². The van der Waals surface area contributed by atoms with Gasteiger partial charge in [0, 0.05) is 25.3 Å². The molecule has 0 unspecified atom stereocenters. The molecule has 0 aliphatic heterocycles. The highest BCUT2D eigenvalue weighted by atomic mass is 16.2. The molecule has 0 saturated heterocycles. The maximum atomic E-state index is 12.6. The van der Waals surface area contributed by atoms with Crippen molar-refractivity contribution in [3.05, 3.63) is 68.8 Å². The van der Waals surface area contributed by atoms with E-state index >= 15 is 0 Å². The van der Waals surface area contributed by atoms with Crippen molar-refractivity contribution in [2.45, 2.75) is 38.8 Å². The first-order chi connectivity index (χ1) is 15.0. The molecule has 0 bridgehead atoms. The van der Waals surface area contributed by atoms with Crippen LogP contribution in [0.25, 0.3) is 22.1 Å². The van der Waals surface area contributed by atoms with Gasteiger partial charge in [0.05, 0.1) is 22.0 Å². The molecule has 2 N–H and O–H groups in total. The van der Waals surface area contributed by atoms with E-state index in [2.05, 4.69) is 24.8 Å². The molecule has 4 aromatic rings. The molecule has 1 aromatic carbocycles. The molecule has 31 heavy (non-hydrogen) atoms. The average molecular weight is 418 g/mol. The molecule has 3 heterocycles. The van der Waals surface area contributed by atoms with Gasteiger partial charge in [-0.2, -0.15) is 0 Å². The predicted octanol–water partition coefficient (Wildman–Crippen LogP) is 1.90. The molecule has 9 nitrogen and oxygen atoms in total. The second kappa shape index (κ2) is 7.50. The summed E-state index contributed by atoms with van der Waals surface area (Å²) in [6.07, 6.45) is 3.92. The SMILES string of the molecule is Cc1nc2ccccc2n1CCCNC(=O)c1cnc2c(c1)c(=O)[nH]c(=O)n2C1CC1. The number of hydrogen-bond donors (Lipinski definition) is 2. The molecule has 9 heteroatoms. The first-order valence-corrected chi connectivity index (χ1v) is 10.4. The van der Waals surface area contributed by atoms with Gasteiger partial charge in [-0.25, -0.2) is 14.8 Å². The van der Waals surface area contributed by atoms with Crippen molar-refractivity contribution >= 4 is 28.0 Å². The van der Waals surface area contributed by atoms with Crippen LogP contribution in [-0.4, -0.2) is 36.5 Å². The van der Waals surface area contributed by atoms with Crippen molar-refractivity contribution in [3.8, 4) is 0 Å². The van der Waals surface area contributed by atoms with Crippen LogP contribution in [0.2, 0.25) is 0 Å². The molecular formula is C22H22N6O3. The minimum Gasteiger partial charge on any atom is -0.352 e. The molecule has 1 saturated carbocycles. The number of aromatic nitrogens is 5. The Hall–Kier alpha value is -3.75. The Kier molecular flexibility index (Phi) is 4.65. The average Bonchev–Trinajstić information content (AvgIpc) is 3.54. The van der Waals surface area contributed by atoms with Gasteiger partial charge in [0.2, 0.25) is 0 Å². The topological polar surface area (TPSA) is 115 Å². The molecule has 1 aliphatic carbocycles. The van der Waals surface area contributed by atoms with E-state index in [9.17, 15) is 14.4 Å². The number of aromatic amines is 1. The smallest absolute Gasteiger partial charge is 0.330 e. The molecule has 5 rings (SSSR count). The number of nitrogens with zero attached hydrogens (tertiary/aromatic N) is 4. The van der Waals surface area contributed by atoms with Crippen molar-refractivity contribution in [1.82, 2.24) is 29.4 Å². The van der Waals surface area contributed by atoms with E-state index in [-0.39, 0.29) is 17.3 Å². The lowest BCUT2D eigenvalue weighted by molar-refractivity contribution is 0.0952. The molecular weight excluding hydrogens is 396 g/mol. The Balaban J connectivity index is 1.29. The van der Waals surface area contributed by atoms with Gasteiger partial charge in [0.25, 0.3) is 11.5 Å². The number of H-pyrrole nitrogens is 1. The summed E-state index contributed by atoms with van der Waals surface area (Å²) >= 11 is 0. The number of fused-ring (bicyclic) bond motifs is 2. The Morgan fingerprint density at radius 1 is 1.26 bits per heavy atom. The lowest BCUT2D eigenvalue weighted by Gasteiger charge is -2.10. The molecule has 3 aromatic heterocycles. The van der Waals surface area contributed by atoms with E-state index in [1.165, 1.54) is 16.8 Å². The molecule has 0 atom stereocenters. The second-order valence-electron chi connectivity index (χ2n) is 7.86. The molecule has 1 amide bonds. The normalized spacial score (nSPS) is 13.7. The Morgan fingerprint density at radius 2 is 2.06 bits per heavy atom. The Bertz CT molecular complexity index is 1430. The summed E-state index contributed by atoms with van der Waals surface area (Å²) < 4.78 is 3.64. The van der Waals surface area contributed by atoms with Gasteiger partial charge in [0.15, 0.2) is 0 Å². The molecule has 1 aliphatic rings. The highest BCUT2D eigenvalue weighted by molar-refractivity contribution is 5.96. The zero-order valence-corrected chi connectivity index (χ0v) is 17.1. The minimum atomic E-state index is -0.526. The summed E-state index contributed by atoms with van der Waals surface area (Å²) in [7, 11) is 0. The molecule has 158 valence electrons. The monoisotopic (exact) mass is 418 g/mol. The van der Waals surface area contributed by atoms with Crippen molar-refractivity contribution in [2.24, 2.45) is 0 Å². The summed E-state index contributed by atoms with van der Waals surface area (Å²) in [5.41, 5.74) is 1.68. The van der Waals surface area contributed by atoms with E-state index in [0.29, 0.717) is 17.8 Å². The fourth-order valence-electron chi connectivity index (χ4n) is 3.95. The third-order valence-electron chi connectivity index (χ3n) is 5.64. The first kappa shape index (κ1) is 19.2. The van der Waals surface area contributed by atoms with Crippen molar-refractivity contribution in [1.29, 1.82) is 0 Å². The van der Waals surface area contributed by atoms with Gasteiger partial charge >= 0.3 is 5.69 Å². The van der Waals surface area contributed by atoms with Crippen molar-refractivity contribution in [3.63, 3.8) is 0 Å². The van der Waals surface area contributed by atoms with Gasteiger partial charge in [-0.05, 0) is 44.4 Å². The van der Waals surface area contributed by atoms with Crippen LogP contribution >= 0.6 is 0 Å². The van der Waals surface area contributed by atoms with Crippen molar-refractivity contribution in [2.75, 3.05) is 6.54 Å². The fraction of sp³-hybridized carbons (Fsp3) is 0.318.